The third-order valence-electron chi connectivity index (χ3n) is 2.06. The molecule has 0 radical (unpaired) electrons. The van der Waals surface area contributed by atoms with Gasteiger partial charge in [-0.25, -0.2) is 0 Å². The van der Waals surface area contributed by atoms with E-state index in [1.54, 1.807) is 0 Å². The Morgan fingerprint density at radius 3 is 3.20 bits per heavy atom. The van der Waals surface area contributed by atoms with Crippen LogP contribution in [0.2, 0.25) is 0 Å². The van der Waals surface area contributed by atoms with Crippen molar-refractivity contribution in [2.45, 2.75) is 13.3 Å². The molecule has 1 aromatic heterocycles. The molecule has 0 amide bonds. The Hall–Kier alpha value is -1.05. The summed E-state index contributed by atoms with van der Waals surface area (Å²) in [6.45, 7) is 1.97. The molecule has 10 heavy (non-hydrogen) atoms. The molecule has 0 spiro atoms. The molecule has 1 heterocycles. The van der Waals surface area contributed by atoms with E-state index in [1.807, 2.05) is 19.2 Å². The van der Waals surface area contributed by atoms with E-state index in [-0.39, 0.29) is 11.7 Å². The molecular weight excluding hydrogens is 126 g/mol. The minimum absolute atomic E-state index is 0.197. The zero-order valence-electron chi connectivity index (χ0n) is 5.85. The van der Waals surface area contributed by atoms with Gasteiger partial charge in [0.05, 0.1) is 0 Å². The van der Waals surface area contributed by atoms with Crippen molar-refractivity contribution in [2.75, 3.05) is 0 Å². The Bertz CT molecular complexity index is 275. The zero-order valence-corrected chi connectivity index (χ0v) is 5.85. The molecule has 2 nitrogen and oxygen atoms in total. The highest BCUT2D eigenvalue weighted by atomic mass is 16.1. The predicted molar refractivity (Wildman–Crippen MR) is 38.0 cm³/mol. The maximum absolute atomic E-state index is 11.2. The lowest BCUT2D eigenvalue weighted by atomic mass is 10.1. The first kappa shape index (κ1) is 5.71. The lowest BCUT2D eigenvalue weighted by Crippen LogP contribution is -2.02. The van der Waals surface area contributed by atoms with Crippen LogP contribution < -0.4 is 0 Å². The predicted octanol–water partition coefficient (Wildman–Crippen LogP) is 1.39. The summed E-state index contributed by atoms with van der Waals surface area (Å²) < 4.78 is 0. The van der Waals surface area contributed by atoms with E-state index in [0.29, 0.717) is 0 Å². The van der Waals surface area contributed by atoms with Gasteiger partial charge in [-0.3, -0.25) is 4.79 Å². The lowest BCUT2D eigenvalue weighted by molar-refractivity contribution is 0.0946. The fourth-order valence-electron chi connectivity index (χ4n) is 1.47. The summed E-state index contributed by atoms with van der Waals surface area (Å²) in [4.78, 5) is 14.3. The van der Waals surface area contributed by atoms with E-state index in [0.717, 1.165) is 17.7 Å². The topological polar surface area (TPSA) is 32.9 Å². The van der Waals surface area contributed by atoms with Crippen LogP contribution in [0.3, 0.4) is 0 Å². The van der Waals surface area contributed by atoms with Crippen molar-refractivity contribution in [2.24, 2.45) is 5.92 Å². The van der Waals surface area contributed by atoms with Crippen LogP contribution in [0.1, 0.15) is 23.0 Å². The summed E-state index contributed by atoms with van der Waals surface area (Å²) in [7, 11) is 0. The van der Waals surface area contributed by atoms with E-state index in [9.17, 15) is 4.79 Å². The van der Waals surface area contributed by atoms with Crippen LogP contribution in [-0.2, 0) is 6.42 Å². The van der Waals surface area contributed by atoms with Crippen LogP contribution in [-0.4, -0.2) is 10.8 Å². The Morgan fingerprint density at radius 2 is 2.50 bits per heavy atom. The van der Waals surface area contributed by atoms with Crippen molar-refractivity contribution in [1.29, 1.82) is 0 Å². The van der Waals surface area contributed by atoms with E-state index in [1.165, 1.54) is 0 Å². The summed E-state index contributed by atoms with van der Waals surface area (Å²) in [5.41, 5.74) is 2.00. The van der Waals surface area contributed by atoms with Crippen LogP contribution in [0.4, 0.5) is 0 Å². The highest BCUT2D eigenvalue weighted by Crippen LogP contribution is 2.24. The van der Waals surface area contributed by atoms with Crippen LogP contribution >= 0.6 is 0 Å². The normalized spacial score (nSPS) is 23.3. The van der Waals surface area contributed by atoms with Crippen LogP contribution in [0.15, 0.2) is 12.3 Å². The molecule has 1 aliphatic rings. The number of nitrogens with one attached hydrogen (secondary N) is 1. The van der Waals surface area contributed by atoms with Gasteiger partial charge >= 0.3 is 0 Å². The minimum atomic E-state index is 0.197. The second kappa shape index (κ2) is 1.72. The standard InChI is InChI=1S/C8H9NO/c1-5-4-7-6(8(5)10)2-3-9-7/h2-3,5,9H,4H2,1H3. The van der Waals surface area contributed by atoms with Crippen LogP contribution in [0.5, 0.6) is 0 Å². The Balaban J connectivity index is 2.53. The molecule has 1 N–H and O–H groups in total. The first-order valence-corrected chi connectivity index (χ1v) is 3.49. The molecule has 1 atom stereocenters. The fraction of sp³-hybridized carbons (Fsp3) is 0.375. The average Bonchev–Trinajstić information content (AvgIpc) is 2.41. The molecule has 1 aromatic rings. The highest BCUT2D eigenvalue weighted by Gasteiger charge is 2.27. The van der Waals surface area contributed by atoms with Crippen molar-refractivity contribution >= 4 is 5.78 Å². The van der Waals surface area contributed by atoms with Gasteiger partial charge in [-0.15, -0.1) is 0 Å². The minimum Gasteiger partial charge on any atom is -0.364 e. The van der Waals surface area contributed by atoms with Crippen LogP contribution in [0, 0.1) is 5.92 Å². The average molecular weight is 135 g/mol. The number of rotatable bonds is 0. The van der Waals surface area contributed by atoms with Crippen molar-refractivity contribution < 1.29 is 4.79 Å². The number of hydrogen-bond acceptors (Lipinski definition) is 1. The fourth-order valence-corrected chi connectivity index (χ4v) is 1.47. The third kappa shape index (κ3) is 0.561. The number of H-pyrrole nitrogens is 1. The third-order valence-corrected chi connectivity index (χ3v) is 2.06. The molecule has 2 heteroatoms. The SMILES string of the molecule is CC1Cc2[nH]ccc2C1=O. The van der Waals surface area contributed by atoms with Crippen LogP contribution in [0.25, 0.3) is 0 Å². The quantitative estimate of drug-likeness (QED) is 0.573. The second-order valence-corrected chi connectivity index (χ2v) is 2.84. The molecule has 0 saturated carbocycles. The first-order chi connectivity index (χ1) is 4.79. The van der Waals surface area contributed by atoms with E-state index in [4.69, 9.17) is 0 Å². The van der Waals surface area contributed by atoms with Gasteiger partial charge in [0.1, 0.15) is 0 Å². The van der Waals surface area contributed by atoms with E-state index in [2.05, 4.69) is 4.98 Å². The van der Waals surface area contributed by atoms with Crippen molar-refractivity contribution in [3.8, 4) is 0 Å². The zero-order chi connectivity index (χ0) is 7.14. The van der Waals surface area contributed by atoms with Gasteiger partial charge in [0, 0.05) is 23.4 Å². The molecule has 0 fully saturated rings. The molecule has 0 aliphatic heterocycles. The maximum atomic E-state index is 11.2. The number of hydrogen-bond donors (Lipinski definition) is 1. The first-order valence-electron chi connectivity index (χ1n) is 3.49. The second-order valence-electron chi connectivity index (χ2n) is 2.84. The largest absolute Gasteiger partial charge is 0.364 e. The molecule has 0 saturated heterocycles. The van der Waals surface area contributed by atoms with Crippen molar-refractivity contribution in [3.63, 3.8) is 0 Å². The lowest BCUT2D eigenvalue weighted by Gasteiger charge is -1.94. The molecule has 0 aromatic carbocycles. The number of aromatic nitrogens is 1. The smallest absolute Gasteiger partial charge is 0.167 e. The van der Waals surface area contributed by atoms with Gasteiger partial charge in [0.15, 0.2) is 5.78 Å². The number of fused-ring (bicyclic) bond motifs is 1. The number of Topliss-reactive ketones (excluding diaryl/α,β-unsaturated/α-hetero) is 1. The molecule has 1 aliphatic carbocycles. The number of carbonyl (C=O) groups excluding carboxylic acids is 1. The van der Waals surface area contributed by atoms with Gasteiger partial charge in [-0.1, -0.05) is 6.92 Å². The molecule has 2 rings (SSSR count). The summed E-state index contributed by atoms with van der Waals surface area (Å²) in [6.07, 6.45) is 2.72. The van der Waals surface area contributed by atoms with Gasteiger partial charge in [0.2, 0.25) is 0 Å². The number of ketones is 1. The number of aromatic amines is 1. The van der Waals surface area contributed by atoms with E-state index >= 15 is 0 Å². The summed E-state index contributed by atoms with van der Waals surface area (Å²) in [6, 6.07) is 1.86. The van der Waals surface area contributed by atoms with Crippen molar-refractivity contribution in [3.05, 3.63) is 23.5 Å². The molecule has 0 bridgehead atoms. The molecular formula is C8H9NO. The Morgan fingerprint density at radius 1 is 1.70 bits per heavy atom. The van der Waals surface area contributed by atoms with Gasteiger partial charge in [-0.05, 0) is 12.5 Å². The monoisotopic (exact) mass is 135 g/mol. The molecule has 52 valence electrons. The van der Waals surface area contributed by atoms with E-state index < -0.39 is 0 Å². The van der Waals surface area contributed by atoms with Crippen molar-refractivity contribution in [1.82, 2.24) is 4.98 Å². The number of carbonyl (C=O) groups is 1. The summed E-state index contributed by atoms with van der Waals surface area (Å²) >= 11 is 0. The van der Waals surface area contributed by atoms with Gasteiger partial charge in [0.25, 0.3) is 0 Å². The maximum Gasteiger partial charge on any atom is 0.167 e. The Labute approximate surface area is 59.3 Å². The highest BCUT2D eigenvalue weighted by molar-refractivity contribution is 6.01. The molecule has 1 unspecified atom stereocenters. The summed E-state index contributed by atoms with van der Waals surface area (Å²) in [5.74, 6) is 0.485. The summed E-state index contributed by atoms with van der Waals surface area (Å²) in [5, 5.41) is 0. The van der Waals surface area contributed by atoms with Gasteiger partial charge in [-0.2, -0.15) is 0 Å². The van der Waals surface area contributed by atoms with Gasteiger partial charge < -0.3 is 4.98 Å². The Kier molecular flexibility index (Phi) is 0.982.